The fourth-order valence-electron chi connectivity index (χ4n) is 2.38. The molecular weight excluding hydrogens is 297 g/mol. The van der Waals surface area contributed by atoms with Crippen molar-refractivity contribution in [3.05, 3.63) is 33.8 Å². The fourth-order valence-corrected chi connectivity index (χ4v) is 2.88. The van der Waals surface area contributed by atoms with Crippen LogP contribution in [0.1, 0.15) is 30.1 Å². The van der Waals surface area contributed by atoms with Crippen molar-refractivity contribution < 1.29 is 9.53 Å². The second-order valence-electron chi connectivity index (χ2n) is 5.24. The molecule has 0 radical (unpaired) electrons. The Balaban J connectivity index is 2.03. The summed E-state index contributed by atoms with van der Waals surface area (Å²) in [5, 5.41) is 0.937. The van der Waals surface area contributed by atoms with E-state index in [0.29, 0.717) is 15.6 Å². The van der Waals surface area contributed by atoms with Crippen LogP contribution in [0.15, 0.2) is 18.2 Å². The van der Waals surface area contributed by atoms with Gasteiger partial charge in [-0.15, -0.1) is 0 Å². The number of ether oxygens (including phenoxy) is 1. The second kappa shape index (κ2) is 6.90. The summed E-state index contributed by atoms with van der Waals surface area (Å²) >= 11 is 11.9. The molecule has 20 heavy (non-hydrogen) atoms. The van der Waals surface area contributed by atoms with Crippen LogP contribution in [0, 0.1) is 0 Å². The lowest BCUT2D eigenvalue weighted by Crippen LogP contribution is -2.40. The van der Waals surface area contributed by atoms with Crippen molar-refractivity contribution in [3.63, 3.8) is 0 Å². The van der Waals surface area contributed by atoms with E-state index in [1.54, 1.807) is 18.2 Å². The number of Topliss-reactive ketones (excluding diaryl/α,β-unsaturated/α-hetero) is 1. The van der Waals surface area contributed by atoms with Crippen molar-refractivity contribution in [3.8, 4) is 0 Å². The minimum absolute atomic E-state index is 0.00663. The minimum Gasteiger partial charge on any atom is -0.377 e. The zero-order chi connectivity index (χ0) is 14.7. The van der Waals surface area contributed by atoms with Crippen molar-refractivity contribution in [2.45, 2.75) is 31.9 Å². The first kappa shape index (κ1) is 15.8. The molecule has 1 aliphatic rings. The number of nitrogens with zero attached hydrogens (tertiary/aromatic N) is 1. The topological polar surface area (TPSA) is 29.5 Å². The number of ketones is 1. The summed E-state index contributed by atoms with van der Waals surface area (Å²) in [6.45, 7) is 3.48. The highest BCUT2D eigenvalue weighted by molar-refractivity contribution is 6.37. The third kappa shape index (κ3) is 3.73. The third-order valence-corrected chi connectivity index (χ3v) is 4.30. The second-order valence-corrected chi connectivity index (χ2v) is 6.08. The van der Waals surface area contributed by atoms with Crippen LogP contribution in [0.25, 0.3) is 0 Å². The van der Waals surface area contributed by atoms with Gasteiger partial charge in [-0.2, -0.15) is 0 Å². The first-order valence-electron chi connectivity index (χ1n) is 6.80. The summed E-state index contributed by atoms with van der Waals surface area (Å²) in [4.78, 5) is 14.5. The Kier molecular flexibility index (Phi) is 5.44. The van der Waals surface area contributed by atoms with E-state index in [-0.39, 0.29) is 17.9 Å². The van der Waals surface area contributed by atoms with Crippen molar-refractivity contribution in [1.82, 2.24) is 4.90 Å². The molecule has 2 unspecified atom stereocenters. The van der Waals surface area contributed by atoms with Gasteiger partial charge in [-0.1, -0.05) is 23.2 Å². The van der Waals surface area contributed by atoms with Crippen LogP contribution < -0.4 is 0 Å². The number of halogens is 2. The van der Waals surface area contributed by atoms with E-state index in [1.807, 2.05) is 18.9 Å². The van der Waals surface area contributed by atoms with Gasteiger partial charge in [0.25, 0.3) is 0 Å². The Morgan fingerprint density at radius 3 is 2.85 bits per heavy atom. The zero-order valence-corrected chi connectivity index (χ0v) is 13.2. The maximum atomic E-state index is 12.5. The smallest absolute Gasteiger partial charge is 0.181 e. The highest BCUT2D eigenvalue weighted by atomic mass is 35.5. The number of likely N-dealkylation sites (N-methyl/N-ethyl adjacent to an activating group) is 1. The molecule has 0 saturated carbocycles. The number of rotatable bonds is 5. The maximum absolute atomic E-state index is 12.5. The van der Waals surface area contributed by atoms with E-state index < -0.39 is 0 Å². The van der Waals surface area contributed by atoms with E-state index in [9.17, 15) is 4.79 Å². The molecule has 1 saturated heterocycles. The number of benzene rings is 1. The lowest BCUT2D eigenvalue weighted by atomic mass is 10.0. The van der Waals surface area contributed by atoms with Gasteiger partial charge in [0.1, 0.15) is 0 Å². The van der Waals surface area contributed by atoms with Gasteiger partial charge >= 0.3 is 0 Å². The van der Waals surface area contributed by atoms with Gasteiger partial charge < -0.3 is 4.74 Å². The van der Waals surface area contributed by atoms with Gasteiger partial charge in [0, 0.05) is 23.7 Å². The first-order valence-corrected chi connectivity index (χ1v) is 7.55. The van der Waals surface area contributed by atoms with Crippen molar-refractivity contribution in [2.75, 3.05) is 20.2 Å². The summed E-state index contributed by atoms with van der Waals surface area (Å²) in [5.74, 6) is 0.00663. The van der Waals surface area contributed by atoms with E-state index in [1.165, 1.54) is 0 Å². The highest BCUT2D eigenvalue weighted by Crippen LogP contribution is 2.23. The Hall–Kier alpha value is -0.610. The molecule has 1 aromatic carbocycles. The van der Waals surface area contributed by atoms with Crippen LogP contribution >= 0.6 is 23.2 Å². The molecule has 0 amide bonds. The van der Waals surface area contributed by atoms with Crippen LogP contribution in [0.4, 0.5) is 0 Å². The molecule has 0 N–H and O–H groups in total. The molecule has 0 spiro atoms. The van der Waals surface area contributed by atoms with Crippen LogP contribution in [0.3, 0.4) is 0 Å². The average molecular weight is 316 g/mol. The van der Waals surface area contributed by atoms with Crippen molar-refractivity contribution in [2.24, 2.45) is 0 Å². The van der Waals surface area contributed by atoms with Crippen LogP contribution in [0.2, 0.25) is 10.0 Å². The van der Waals surface area contributed by atoms with Gasteiger partial charge in [0.2, 0.25) is 0 Å². The predicted molar refractivity (Wildman–Crippen MR) is 81.9 cm³/mol. The zero-order valence-electron chi connectivity index (χ0n) is 11.7. The quantitative estimate of drug-likeness (QED) is 0.776. The average Bonchev–Trinajstić information content (AvgIpc) is 2.90. The summed E-state index contributed by atoms with van der Waals surface area (Å²) < 4.78 is 5.60. The number of hydrogen-bond acceptors (Lipinski definition) is 3. The van der Waals surface area contributed by atoms with E-state index in [0.717, 1.165) is 26.0 Å². The Morgan fingerprint density at radius 1 is 1.50 bits per heavy atom. The monoisotopic (exact) mass is 315 g/mol. The molecule has 2 atom stereocenters. The van der Waals surface area contributed by atoms with Gasteiger partial charge in [-0.05, 0) is 45.0 Å². The predicted octanol–water partition coefficient (Wildman–Crippen LogP) is 3.68. The van der Waals surface area contributed by atoms with Crippen molar-refractivity contribution >= 4 is 29.0 Å². The van der Waals surface area contributed by atoms with E-state index >= 15 is 0 Å². The Labute approximate surface area is 129 Å². The first-order chi connectivity index (χ1) is 9.49. The van der Waals surface area contributed by atoms with Crippen LogP contribution in [-0.4, -0.2) is 43.0 Å². The SMILES string of the molecule is CC(C(=O)c1ccc(Cl)cc1Cl)N(C)CC1CCCO1. The lowest BCUT2D eigenvalue weighted by Gasteiger charge is -2.26. The summed E-state index contributed by atoms with van der Waals surface area (Å²) in [6, 6.07) is 4.73. The molecule has 0 aromatic heterocycles. The van der Waals surface area contributed by atoms with Crippen molar-refractivity contribution in [1.29, 1.82) is 0 Å². The van der Waals surface area contributed by atoms with Crippen LogP contribution in [0.5, 0.6) is 0 Å². The fraction of sp³-hybridized carbons (Fsp3) is 0.533. The molecule has 1 aliphatic heterocycles. The lowest BCUT2D eigenvalue weighted by molar-refractivity contribution is 0.0620. The minimum atomic E-state index is -0.238. The Bertz CT molecular complexity index is 487. The summed E-state index contributed by atoms with van der Waals surface area (Å²) in [6.07, 6.45) is 2.40. The molecule has 5 heteroatoms. The number of hydrogen-bond donors (Lipinski definition) is 0. The largest absolute Gasteiger partial charge is 0.377 e. The molecule has 0 bridgehead atoms. The maximum Gasteiger partial charge on any atom is 0.181 e. The Morgan fingerprint density at radius 2 is 2.25 bits per heavy atom. The van der Waals surface area contributed by atoms with Crippen LogP contribution in [-0.2, 0) is 4.74 Å². The van der Waals surface area contributed by atoms with E-state index in [2.05, 4.69) is 0 Å². The van der Waals surface area contributed by atoms with Gasteiger partial charge in [0.15, 0.2) is 5.78 Å². The highest BCUT2D eigenvalue weighted by Gasteiger charge is 2.25. The third-order valence-electron chi connectivity index (χ3n) is 3.75. The summed E-state index contributed by atoms with van der Waals surface area (Å²) in [5.41, 5.74) is 0.516. The van der Waals surface area contributed by atoms with Gasteiger partial charge in [0.05, 0.1) is 17.2 Å². The van der Waals surface area contributed by atoms with E-state index in [4.69, 9.17) is 27.9 Å². The molecule has 1 fully saturated rings. The number of carbonyl (C=O) groups is 1. The molecule has 110 valence electrons. The van der Waals surface area contributed by atoms with Gasteiger partial charge in [-0.3, -0.25) is 9.69 Å². The van der Waals surface area contributed by atoms with Gasteiger partial charge in [-0.25, -0.2) is 0 Å². The number of carbonyl (C=O) groups excluding carboxylic acids is 1. The normalized spacial score (nSPS) is 20.4. The molecule has 0 aliphatic carbocycles. The standard InChI is InChI=1S/C15H19Cl2NO2/c1-10(18(2)9-12-4-3-7-20-12)15(19)13-6-5-11(16)8-14(13)17/h5-6,8,10,12H,3-4,7,9H2,1-2H3. The molecular formula is C15H19Cl2NO2. The molecule has 3 nitrogen and oxygen atoms in total. The molecule has 1 heterocycles. The molecule has 2 rings (SSSR count). The summed E-state index contributed by atoms with van der Waals surface area (Å²) in [7, 11) is 1.94. The molecule has 1 aromatic rings.